The van der Waals surface area contributed by atoms with Crippen molar-refractivity contribution in [1.82, 2.24) is 4.90 Å². The Hall–Kier alpha value is -1.07. The van der Waals surface area contributed by atoms with Crippen LogP contribution in [0.15, 0.2) is 22.7 Å². The number of hydrogen-bond acceptors (Lipinski definition) is 3. The number of carboxylic acid groups (broad SMARTS) is 1. The molecule has 0 bridgehead atoms. The van der Waals surface area contributed by atoms with Gasteiger partial charge in [-0.1, -0.05) is 28.8 Å². The zero-order valence-electron chi connectivity index (χ0n) is 12.8. The van der Waals surface area contributed by atoms with Gasteiger partial charge in [0.25, 0.3) is 0 Å². The first kappa shape index (κ1) is 15.8. The molecule has 5 heteroatoms. The first-order valence-electron chi connectivity index (χ1n) is 7.91. The number of nitrogens with zero attached hydrogens (tertiary/aromatic N) is 1. The molecule has 1 aromatic rings. The number of benzene rings is 1. The van der Waals surface area contributed by atoms with Crippen LogP contribution in [-0.2, 0) is 11.3 Å². The van der Waals surface area contributed by atoms with E-state index in [1.165, 1.54) is 19.3 Å². The first-order valence-corrected chi connectivity index (χ1v) is 8.70. The molecule has 1 aromatic carbocycles. The molecule has 0 radical (unpaired) electrons. The van der Waals surface area contributed by atoms with Crippen LogP contribution in [0.25, 0.3) is 0 Å². The predicted octanol–water partition coefficient (Wildman–Crippen LogP) is 3.68. The van der Waals surface area contributed by atoms with Gasteiger partial charge in [-0.3, -0.25) is 9.69 Å². The Labute approximate surface area is 139 Å². The van der Waals surface area contributed by atoms with Crippen LogP contribution in [0, 0.1) is 5.92 Å². The third-order valence-corrected chi connectivity index (χ3v) is 5.59. The summed E-state index contributed by atoms with van der Waals surface area (Å²) in [7, 11) is 1.66. The highest BCUT2D eigenvalue weighted by molar-refractivity contribution is 9.10. The summed E-state index contributed by atoms with van der Waals surface area (Å²) in [6, 6.07) is 5.96. The highest BCUT2D eigenvalue weighted by Crippen LogP contribution is 2.41. The Kier molecular flexibility index (Phi) is 4.73. The lowest BCUT2D eigenvalue weighted by Gasteiger charge is -2.33. The molecule has 1 aliphatic carbocycles. The van der Waals surface area contributed by atoms with Crippen LogP contribution in [0.1, 0.15) is 37.7 Å². The maximum absolute atomic E-state index is 11.7. The first-order chi connectivity index (χ1) is 10.6. The third-order valence-electron chi connectivity index (χ3n) is 5.10. The monoisotopic (exact) mass is 367 g/mol. The summed E-state index contributed by atoms with van der Waals surface area (Å²) < 4.78 is 6.44. The van der Waals surface area contributed by atoms with Gasteiger partial charge in [-0.15, -0.1) is 0 Å². The second kappa shape index (κ2) is 6.59. The topological polar surface area (TPSA) is 49.8 Å². The van der Waals surface area contributed by atoms with Gasteiger partial charge >= 0.3 is 5.97 Å². The van der Waals surface area contributed by atoms with Gasteiger partial charge in [0.1, 0.15) is 11.8 Å². The molecular formula is C17H22BrNO3. The number of fused-ring (bicyclic) bond motifs is 1. The van der Waals surface area contributed by atoms with Crippen molar-refractivity contribution in [3.8, 4) is 5.75 Å². The Balaban J connectivity index is 1.87. The summed E-state index contributed by atoms with van der Waals surface area (Å²) >= 11 is 3.50. The Bertz CT molecular complexity index is 563. The van der Waals surface area contributed by atoms with Gasteiger partial charge in [-0.25, -0.2) is 0 Å². The van der Waals surface area contributed by atoms with E-state index in [1.54, 1.807) is 7.11 Å². The molecule has 0 spiro atoms. The summed E-state index contributed by atoms with van der Waals surface area (Å²) in [4.78, 5) is 13.9. The number of carboxylic acids is 1. The van der Waals surface area contributed by atoms with E-state index in [-0.39, 0.29) is 6.04 Å². The number of ether oxygens (including phenoxy) is 1. The molecule has 4 nitrogen and oxygen atoms in total. The quantitative estimate of drug-likeness (QED) is 0.881. The van der Waals surface area contributed by atoms with E-state index >= 15 is 0 Å². The third kappa shape index (κ3) is 3.01. The van der Waals surface area contributed by atoms with E-state index in [2.05, 4.69) is 20.8 Å². The Morgan fingerprint density at radius 1 is 1.41 bits per heavy atom. The number of carbonyl (C=O) groups is 1. The minimum absolute atomic E-state index is 0.364. The SMILES string of the molecule is COc1ccc(Br)cc1CN1[C@@H]2CCCC[C@@H]2C[C@H]1C(=O)O. The molecule has 2 fully saturated rings. The zero-order chi connectivity index (χ0) is 15.7. The molecule has 1 N–H and O–H groups in total. The largest absolute Gasteiger partial charge is 0.496 e. The Morgan fingerprint density at radius 3 is 2.91 bits per heavy atom. The van der Waals surface area contributed by atoms with Gasteiger partial charge in [-0.2, -0.15) is 0 Å². The summed E-state index contributed by atoms with van der Waals surface area (Å²) in [5.74, 6) is 0.669. The fraction of sp³-hybridized carbons (Fsp3) is 0.588. The summed E-state index contributed by atoms with van der Waals surface area (Å²) in [5, 5.41) is 9.61. The molecule has 1 aliphatic heterocycles. The van der Waals surface area contributed by atoms with E-state index < -0.39 is 5.97 Å². The molecule has 120 valence electrons. The van der Waals surface area contributed by atoms with Gasteiger partial charge in [0.2, 0.25) is 0 Å². The minimum atomic E-state index is -0.691. The standard InChI is InChI=1S/C17H22BrNO3/c1-22-16-7-6-13(18)8-12(16)10-19-14-5-3-2-4-11(14)9-15(19)17(20)21/h6-8,11,14-15H,2-5,9-10H2,1H3,(H,20,21)/t11-,14-,15+/m1/s1. The van der Waals surface area contributed by atoms with Gasteiger partial charge in [-0.05, 0) is 43.4 Å². The van der Waals surface area contributed by atoms with Crippen LogP contribution < -0.4 is 4.74 Å². The molecule has 1 heterocycles. The Morgan fingerprint density at radius 2 is 2.18 bits per heavy atom. The molecule has 3 rings (SSSR count). The predicted molar refractivity (Wildman–Crippen MR) is 88.0 cm³/mol. The molecule has 1 saturated heterocycles. The summed E-state index contributed by atoms with van der Waals surface area (Å²) in [6.45, 7) is 0.640. The smallest absolute Gasteiger partial charge is 0.320 e. The number of halogens is 1. The molecule has 0 amide bonds. The summed E-state index contributed by atoms with van der Waals surface area (Å²) in [5.41, 5.74) is 1.05. The normalized spacial score (nSPS) is 28.4. The van der Waals surface area contributed by atoms with E-state index in [0.717, 1.165) is 28.6 Å². The van der Waals surface area contributed by atoms with E-state index in [1.807, 2.05) is 18.2 Å². The van der Waals surface area contributed by atoms with E-state index in [0.29, 0.717) is 18.5 Å². The minimum Gasteiger partial charge on any atom is -0.496 e. The molecule has 0 unspecified atom stereocenters. The number of hydrogen-bond donors (Lipinski definition) is 1. The zero-order valence-corrected chi connectivity index (χ0v) is 14.4. The lowest BCUT2D eigenvalue weighted by atomic mass is 9.84. The molecule has 22 heavy (non-hydrogen) atoms. The number of likely N-dealkylation sites (tertiary alicyclic amines) is 1. The van der Waals surface area contributed by atoms with Crippen molar-refractivity contribution < 1.29 is 14.6 Å². The molecular weight excluding hydrogens is 346 g/mol. The van der Waals surface area contributed by atoms with Crippen LogP contribution in [-0.4, -0.2) is 35.2 Å². The fourth-order valence-electron chi connectivity index (χ4n) is 4.09. The van der Waals surface area contributed by atoms with Crippen molar-refractivity contribution in [3.05, 3.63) is 28.2 Å². The van der Waals surface area contributed by atoms with E-state index in [4.69, 9.17) is 4.74 Å². The maximum atomic E-state index is 11.7. The number of rotatable bonds is 4. The van der Waals surface area contributed by atoms with Crippen LogP contribution in [0.5, 0.6) is 5.75 Å². The van der Waals surface area contributed by atoms with Crippen LogP contribution in [0.4, 0.5) is 0 Å². The van der Waals surface area contributed by atoms with Gasteiger partial charge in [0, 0.05) is 22.6 Å². The average Bonchev–Trinajstić information content (AvgIpc) is 2.87. The van der Waals surface area contributed by atoms with Crippen LogP contribution in [0.2, 0.25) is 0 Å². The lowest BCUT2D eigenvalue weighted by Crippen LogP contribution is -2.41. The van der Waals surface area contributed by atoms with E-state index in [9.17, 15) is 9.90 Å². The van der Waals surface area contributed by atoms with Crippen molar-refractivity contribution >= 4 is 21.9 Å². The van der Waals surface area contributed by atoms with Crippen molar-refractivity contribution in [3.63, 3.8) is 0 Å². The number of methoxy groups -OCH3 is 1. The molecule has 2 aliphatic rings. The molecule has 3 atom stereocenters. The molecule has 0 aromatic heterocycles. The second-order valence-corrected chi connectivity index (χ2v) is 7.25. The summed E-state index contributed by atoms with van der Waals surface area (Å²) in [6.07, 6.45) is 5.52. The highest BCUT2D eigenvalue weighted by Gasteiger charge is 2.45. The van der Waals surface area contributed by atoms with Gasteiger partial charge in [0.15, 0.2) is 0 Å². The van der Waals surface area contributed by atoms with Gasteiger partial charge < -0.3 is 9.84 Å². The fourth-order valence-corrected chi connectivity index (χ4v) is 4.50. The molecule has 1 saturated carbocycles. The second-order valence-electron chi connectivity index (χ2n) is 6.33. The van der Waals surface area contributed by atoms with Gasteiger partial charge in [0.05, 0.1) is 7.11 Å². The average molecular weight is 368 g/mol. The van der Waals surface area contributed by atoms with Crippen molar-refractivity contribution in [2.24, 2.45) is 5.92 Å². The van der Waals surface area contributed by atoms with Crippen LogP contribution >= 0.6 is 15.9 Å². The van der Waals surface area contributed by atoms with Crippen molar-refractivity contribution in [1.29, 1.82) is 0 Å². The number of aliphatic carboxylic acids is 1. The maximum Gasteiger partial charge on any atom is 0.320 e. The lowest BCUT2D eigenvalue weighted by molar-refractivity contribution is -0.142. The van der Waals surface area contributed by atoms with Crippen LogP contribution in [0.3, 0.4) is 0 Å². The van der Waals surface area contributed by atoms with Crippen molar-refractivity contribution in [2.75, 3.05) is 7.11 Å². The van der Waals surface area contributed by atoms with Crippen molar-refractivity contribution in [2.45, 2.75) is 50.7 Å². The highest BCUT2D eigenvalue weighted by atomic mass is 79.9.